The molecule has 0 spiro atoms. The van der Waals surface area contributed by atoms with Gasteiger partial charge in [0.2, 0.25) is 0 Å². The van der Waals surface area contributed by atoms with Crippen molar-refractivity contribution in [2.45, 2.75) is 20.4 Å². The van der Waals surface area contributed by atoms with E-state index in [9.17, 15) is 0 Å². The molecule has 0 saturated carbocycles. The van der Waals surface area contributed by atoms with Crippen LogP contribution in [-0.2, 0) is 6.54 Å². The Balaban J connectivity index is 2.63. The lowest BCUT2D eigenvalue weighted by molar-refractivity contribution is 0.865. The first-order valence-corrected chi connectivity index (χ1v) is 4.97. The van der Waals surface area contributed by atoms with Gasteiger partial charge >= 0.3 is 0 Å². The number of nitrogens with one attached hydrogen (secondary N) is 1. The number of aryl methyl sites for hydroxylation is 2. The van der Waals surface area contributed by atoms with Crippen molar-refractivity contribution < 1.29 is 0 Å². The number of rotatable bonds is 3. The molecule has 0 aliphatic rings. The molecule has 1 aromatic carbocycles. The summed E-state index contributed by atoms with van der Waals surface area (Å²) in [5.41, 5.74) is 3.72. The van der Waals surface area contributed by atoms with Gasteiger partial charge in [-0.2, -0.15) is 10.5 Å². The highest BCUT2D eigenvalue weighted by atomic mass is 14.8. The zero-order valence-corrected chi connectivity index (χ0v) is 9.41. The Hall–Kier alpha value is -2.26. The summed E-state index contributed by atoms with van der Waals surface area (Å²) in [5, 5.41) is 20.0. The van der Waals surface area contributed by atoms with Crippen LogP contribution in [0.4, 0.5) is 0 Å². The third-order valence-corrected chi connectivity index (χ3v) is 2.36. The number of nitrogens with zero attached hydrogens (tertiary/aromatic N) is 2. The highest BCUT2D eigenvalue weighted by Crippen LogP contribution is 2.09. The summed E-state index contributed by atoms with van der Waals surface area (Å²) in [6, 6.07) is 9.77. The minimum atomic E-state index is 0.0869. The van der Waals surface area contributed by atoms with E-state index in [4.69, 9.17) is 10.5 Å². The first-order chi connectivity index (χ1) is 7.67. The molecule has 1 aromatic rings. The predicted molar refractivity (Wildman–Crippen MR) is 62.1 cm³/mol. The van der Waals surface area contributed by atoms with E-state index in [1.807, 2.05) is 6.07 Å². The van der Waals surface area contributed by atoms with E-state index in [2.05, 4.69) is 31.3 Å². The molecule has 0 bridgehead atoms. The topological polar surface area (TPSA) is 59.6 Å². The quantitative estimate of drug-likeness (QED) is 0.780. The SMILES string of the molecule is Cc1ccc(CNC=C(C#N)C#N)cc1C. The van der Waals surface area contributed by atoms with E-state index in [1.54, 1.807) is 12.1 Å². The van der Waals surface area contributed by atoms with Crippen LogP contribution in [0, 0.1) is 36.5 Å². The summed E-state index contributed by atoms with van der Waals surface area (Å²) >= 11 is 0. The maximum Gasteiger partial charge on any atom is 0.145 e. The van der Waals surface area contributed by atoms with Gasteiger partial charge in [-0.15, -0.1) is 0 Å². The molecule has 3 heteroatoms. The van der Waals surface area contributed by atoms with Gasteiger partial charge in [-0.25, -0.2) is 0 Å². The fourth-order valence-corrected chi connectivity index (χ4v) is 1.27. The van der Waals surface area contributed by atoms with Gasteiger partial charge in [0.25, 0.3) is 0 Å². The van der Waals surface area contributed by atoms with Crippen molar-refractivity contribution >= 4 is 0 Å². The summed E-state index contributed by atoms with van der Waals surface area (Å²) in [6.07, 6.45) is 1.44. The van der Waals surface area contributed by atoms with Gasteiger partial charge in [-0.1, -0.05) is 18.2 Å². The fourth-order valence-electron chi connectivity index (χ4n) is 1.27. The highest BCUT2D eigenvalue weighted by molar-refractivity contribution is 5.35. The van der Waals surface area contributed by atoms with Crippen LogP contribution in [0.3, 0.4) is 0 Å². The molecule has 0 atom stereocenters. The second-order valence-electron chi connectivity index (χ2n) is 3.58. The van der Waals surface area contributed by atoms with E-state index in [0.29, 0.717) is 6.54 Å². The largest absolute Gasteiger partial charge is 0.385 e. The van der Waals surface area contributed by atoms with Crippen LogP contribution in [-0.4, -0.2) is 0 Å². The Morgan fingerprint density at radius 2 is 1.94 bits per heavy atom. The van der Waals surface area contributed by atoms with E-state index >= 15 is 0 Å². The second-order valence-corrected chi connectivity index (χ2v) is 3.58. The lowest BCUT2D eigenvalue weighted by atomic mass is 10.1. The van der Waals surface area contributed by atoms with Crippen LogP contribution < -0.4 is 5.32 Å². The van der Waals surface area contributed by atoms with Gasteiger partial charge in [-0.3, -0.25) is 0 Å². The molecule has 0 aliphatic carbocycles. The van der Waals surface area contributed by atoms with Crippen LogP contribution in [0.25, 0.3) is 0 Å². The second kappa shape index (κ2) is 5.58. The lowest BCUT2D eigenvalue weighted by Gasteiger charge is -2.05. The fraction of sp³-hybridized carbons (Fsp3) is 0.231. The Labute approximate surface area is 95.6 Å². The number of hydrogen-bond donors (Lipinski definition) is 1. The van der Waals surface area contributed by atoms with Crippen LogP contribution in [0.15, 0.2) is 30.0 Å². The molecular formula is C13H13N3. The molecule has 1 N–H and O–H groups in total. The van der Waals surface area contributed by atoms with E-state index in [0.717, 1.165) is 5.56 Å². The maximum absolute atomic E-state index is 8.52. The van der Waals surface area contributed by atoms with Crippen LogP contribution in [0.1, 0.15) is 16.7 Å². The van der Waals surface area contributed by atoms with Crippen molar-refractivity contribution in [3.8, 4) is 12.1 Å². The summed E-state index contributed by atoms with van der Waals surface area (Å²) in [7, 11) is 0. The van der Waals surface area contributed by atoms with Gasteiger partial charge in [0.15, 0.2) is 0 Å². The normalized spacial score (nSPS) is 8.75. The zero-order chi connectivity index (χ0) is 12.0. The van der Waals surface area contributed by atoms with E-state index < -0.39 is 0 Å². The highest BCUT2D eigenvalue weighted by Gasteiger charge is 1.95. The predicted octanol–water partition coefficient (Wildman–Crippen LogP) is 2.32. The van der Waals surface area contributed by atoms with Crippen molar-refractivity contribution in [3.05, 3.63) is 46.7 Å². The van der Waals surface area contributed by atoms with Gasteiger partial charge in [-0.05, 0) is 30.5 Å². The van der Waals surface area contributed by atoms with Gasteiger partial charge in [0, 0.05) is 12.7 Å². The third-order valence-electron chi connectivity index (χ3n) is 2.36. The average Bonchev–Trinajstić information content (AvgIpc) is 2.29. The molecule has 0 fully saturated rings. The molecule has 0 radical (unpaired) electrons. The molecule has 0 unspecified atom stereocenters. The minimum absolute atomic E-state index is 0.0869. The standard InChI is InChI=1S/C13H13N3/c1-10-3-4-12(5-11(10)2)8-16-9-13(6-14)7-15/h3-5,9,16H,8H2,1-2H3. The molecule has 3 nitrogen and oxygen atoms in total. The van der Waals surface area contributed by atoms with Crippen LogP contribution in [0.2, 0.25) is 0 Å². The lowest BCUT2D eigenvalue weighted by Crippen LogP contribution is -2.05. The third kappa shape index (κ3) is 3.15. The zero-order valence-electron chi connectivity index (χ0n) is 9.41. The molecule has 1 rings (SSSR count). The van der Waals surface area contributed by atoms with Crippen LogP contribution in [0.5, 0.6) is 0 Å². The smallest absolute Gasteiger partial charge is 0.145 e. The Bertz CT molecular complexity index is 471. The first-order valence-electron chi connectivity index (χ1n) is 4.97. The molecule has 16 heavy (non-hydrogen) atoms. The summed E-state index contributed by atoms with van der Waals surface area (Å²) in [6.45, 7) is 4.74. The van der Waals surface area contributed by atoms with E-state index in [1.165, 1.54) is 17.3 Å². The Kier molecular flexibility index (Phi) is 4.12. The molecule has 0 aromatic heterocycles. The van der Waals surface area contributed by atoms with Crippen molar-refractivity contribution in [2.75, 3.05) is 0 Å². The maximum atomic E-state index is 8.52. The van der Waals surface area contributed by atoms with Gasteiger partial charge in [0.05, 0.1) is 0 Å². The average molecular weight is 211 g/mol. The van der Waals surface area contributed by atoms with Gasteiger partial charge in [0.1, 0.15) is 17.7 Å². The van der Waals surface area contributed by atoms with Crippen molar-refractivity contribution in [1.82, 2.24) is 5.32 Å². The van der Waals surface area contributed by atoms with Crippen molar-refractivity contribution in [1.29, 1.82) is 10.5 Å². The summed E-state index contributed by atoms with van der Waals surface area (Å²) < 4.78 is 0. The molecule has 0 amide bonds. The van der Waals surface area contributed by atoms with E-state index in [-0.39, 0.29) is 5.57 Å². The molecular weight excluding hydrogens is 198 g/mol. The Morgan fingerprint density at radius 3 is 2.50 bits per heavy atom. The number of hydrogen-bond acceptors (Lipinski definition) is 3. The van der Waals surface area contributed by atoms with Crippen LogP contribution >= 0.6 is 0 Å². The molecule has 0 heterocycles. The van der Waals surface area contributed by atoms with Crippen molar-refractivity contribution in [3.63, 3.8) is 0 Å². The minimum Gasteiger partial charge on any atom is -0.385 e. The summed E-state index contributed by atoms with van der Waals surface area (Å²) in [5.74, 6) is 0. The molecule has 0 aliphatic heterocycles. The molecule has 0 saturated heterocycles. The summed E-state index contributed by atoms with van der Waals surface area (Å²) in [4.78, 5) is 0. The molecule has 80 valence electrons. The number of benzene rings is 1. The van der Waals surface area contributed by atoms with Gasteiger partial charge < -0.3 is 5.32 Å². The van der Waals surface area contributed by atoms with Crippen molar-refractivity contribution in [2.24, 2.45) is 0 Å². The number of allylic oxidation sites excluding steroid dienone is 1. The number of nitriles is 2. The monoisotopic (exact) mass is 211 g/mol. The Morgan fingerprint density at radius 1 is 1.25 bits per heavy atom. The first kappa shape index (κ1) is 11.8.